The van der Waals surface area contributed by atoms with Crippen molar-refractivity contribution in [3.05, 3.63) is 39.2 Å². The summed E-state index contributed by atoms with van der Waals surface area (Å²) in [4.78, 5) is 20.8. The van der Waals surface area contributed by atoms with E-state index in [0.717, 1.165) is 5.56 Å². The molecule has 1 N–H and O–H groups in total. The molecule has 20 heavy (non-hydrogen) atoms. The molecular formula is C10H11ClN6O3. The summed E-state index contributed by atoms with van der Waals surface area (Å²) in [5.74, 6) is 0.135. The van der Waals surface area contributed by atoms with Crippen molar-refractivity contribution in [3.63, 3.8) is 0 Å². The summed E-state index contributed by atoms with van der Waals surface area (Å²) in [5.41, 5.74) is 0.810. The van der Waals surface area contributed by atoms with E-state index in [1.165, 1.54) is 11.2 Å². The predicted octanol–water partition coefficient (Wildman–Crippen LogP) is 0.648. The summed E-state index contributed by atoms with van der Waals surface area (Å²) in [6.07, 6.45) is 2.92. The Balaban J connectivity index is 1.84. The van der Waals surface area contributed by atoms with E-state index in [4.69, 9.17) is 16.4 Å². The average molecular weight is 299 g/mol. The first-order valence-corrected chi connectivity index (χ1v) is 6.02. The van der Waals surface area contributed by atoms with Crippen LogP contribution in [0, 0.1) is 10.1 Å². The van der Waals surface area contributed by atoms with Gasteiger partial charge in [-0.1, -0.05) is 22.8 Å². The van der Waals surface area contributed by atoms with E-state index in [1.807, 2.05) is 0 Å². The lowest BCUT2D eigenvalue weighted by Crippen LogP contribution is -2.29. The van der Waals surface area contributed by atoms with Gasteiger partial charge in [-0.25, -0.2) is 15.1 Å². The number of hydrogen-bond acceptors (Lipinski definition) is 5. The van der Waals surface area contributed by atoms with Gasteiger partial charge in [0.1, 0.15) is 23.2 Å². The summed E-state index contributed by atoms with van der Waals surface area (Å²) in [5, 5.41) is 19.6. The zero-order valence-electron chi connectivity index (χ0n) is 10.3. The first-order valence-electron chi connectivity index (χ1n) is 5.64. The number of hydrogen-bond donors (Lipinski definition) is 1. The SMILES string of the molecule is O=[N+]([O-])N=C1NCCN1C=NOCc1ccc(Cl)nc1. The van der Waals surface area contributed by atoms with Crippen molar-refractivity contribution in [2.45, 2.75) is 6.61 Å². The maximum atomic E-state index is 10.3. The Bertz CT molecular complexity index is 532. The van der Waals surface area contributed by atoms with Crippen molar-refractivity contribution in [3.8, 4) is 0 Å². The number of pyridine rings is 1. The molecule has 0 saturated carbocycles. The quantitative estimate of drug-likeness (QED) is 0.281. The third kappa shape index (κ3) is 4.05. The van der Waals surface area contributed by atoms with Gasteiger partial charge in [0.25, 0.3) is 5.96 Å². The second kappa shape index (κ2) is 6.66. The largest absolute Gasteiger partial charge is 0.390 e. The lowest BCUT2D eigenvalue weighted by molar-refractivity contribution is -0.485. The van der Waals surface area contributed by atoms with E-state index in [2.05, 4.69) is 20.6 Å². The molecule has 9 nitrogen and oxygen atoms in total. The van der Waals surface area contributed by atoms with Crippen LogP contribution in [0.3, 0.4) is 0 Å². The van der Waals surface area contributed by atoms with Crippen molar-refractivity contribution in [2.24, 2.45) is 10.3 Å². The molecule has 0 aromatic carbocycles. The Labute approximate surface area is 119 Å². The normalized spacial score (nSPS) is 16.6. The third-order valence-corrected chi connectivity index (χ3v) is 2.59. The molecule has 106 valence electrons. The van der Waals surface area contributed by atoms with E-state index in [0.29, 0.717) is 18.2 Å². The third-order valence-electron chi connectivity index (χ3n) is 2.37. The predicted molar refractivity (Wildman–Crippen MR) is 71.7 cm³/mol. The molecule has 1 fully saturated rings. The van der Waals surface area contributed by atoms with Gasteiger partial charge >= 0.3 is 0 Å². The van der Waals surface area contributed by atoms with Crippen molar-refractivity contribution in [2.75, 3.05) is 13.1 Å². The van der Waals surface area contributed by atoms with Crippen LogP contribution in [0.2, 0.25) is 5.15 Å². The van der Waals surface area contributed by atoms with Gasteiger partial charge in [-0.2, -0.15) is 0 Å². The second-order valence-electron chi connectivity index (χ2n) is 3.77. The number of nitrogens with one attached hydrogen (secondary N) is 1. The van der Waals surface area contributed by atoms with Crippen LogP contribution in [0.1, 0.15) is 5.56 Å². The molecule has 0 bridgehead atoms. The molecule has 0 atom stereocenters. The summed E-state index contributed by atoms with van der Waals surface area (Å²) >= 11 is 5.65. The van der Waals surface area contributed by atoms with E-state index >= 15 is 0 Å². The highest BCUT2D eigenvalue weighted by Crippen LogP contribution is 2.06. The van der Waals surface area contributed by atoms with Crippen molar-refractivity contribution in [1.29, 1.82) is 0 Å². The van der Waals surface area contributed by atoms with E-state index < -0.39 is 5.03 Å². The molecule has 1 aliphatic heterocycles. The van der Waals surface area contributed by atoms with E-state index in [-0.39, 0.29) is 12.6 Å². The molecule has 0 unspecified atom stereocenters. The van der Waals surface area contributed by atoms with Crippen molar-refractivity contribution < 1.29 is 9.87 Å². The number of nitrogens with zero attached hydrogens (tertiary/aromatic N) is 5. The molecule has 1 aliphatic rings. The fourth-order valence-corrected chi connectivity index (χ4v) is 1.58. The summed E-state index contributed by atoms with van der Waals surface area (Å²) in [7, 11) is 0. The number of hydrazone groups is 1. The van der Waals surface area contributed by atoms with Crippen LogP contribution in [-0.2, 0) is 11.4 Å². The number of aromatic nitrogens is 1. The van der Waals surface area contributed by atoms with Crippen molar-refractivity contribution >= 4 is 23.9 Å². The first kappa shape index (κ1) is 14.0. The van der Waals surface area contributed by atoms with Crippen LogP contribution in [0.15, 0.2) is 28.6 Å². The van der Waals surface area contributed by atoms with Gasteiger partial charge < -0.3 is 10.2 Å². The first-order chi connectivity index (χ1) is 9.65. The fraction of sp³-hybridized carbons (Fsp3) is 0.300. The molecule has 1 saturated heterocycles. The number of halogens is 1. The Morgan fingerprint density at radius 3 is 3.20 bits per heavy atom. The van der Waals surface area contributed by atoms with Crippen LogP contribution in [-0.4, -0.2) is 40.3 Å². The zero-order chi connectivity index (χ0) is 14.4. The van der Waals surface area contributed by atoms with Gasteiger partial charge in [-0.15, -0.1) is 0 Å². The molecule has 0 aliphatic carbocycles. The van der Waals surface area contributed by atoms with E-state index in [9.17, 15) is 10.1 Å². The zero-order valence-corrected chi connectivity index (χ0v) is 11.0. The highest BCUT2D eigenvalue weighted by atomic mass is 35.5. The molecule has 1 aromatic rings. The number of rotatable bonds is 5. The monoisotopic (exact) mass is 298 g/mol. The number of oxime groups is 1. The maximum Gasteiger partial charge on any atom is 0.276 e. The number of guanidine groups is 1. The molecule has 0 radical (unpaired) electrons. The average Bonchev–Trinajstić information content (AvgIpc) is 2.83. The van der Waals surface area contributed by atoms with Crippen molar-refractivity contribution in [1.82, 2.24) is 15.2 Å². The smallest absolute Gasteiger partial charge is 0.276 e. The highest BCUT2D eigenvalue weighted by molar-refractivity contribution is 6.29. The highest BCUT2D eigenvalue weighted by Gasteiger charge is 2.19. The van der Waals surface area contributed by atoms with Crippen LogP contribution < -0.4 is 5.32 Å². The summed E-state index contributed by atoms with van der Waals surface area (Å²) in [6.45, 7) is 1.31. The molecule has 1 aromatic heterocycles. The molecule has 2 rings (SSSR count). The Hall–Kier alpha value is -2.42. The Kier molecular flexibility index (Phi) is 4.66. The number of nitro groups is 1. The molecular weight excluding hydrogens is 288 g/mol. The second-order valence-corrected chi connectivity index (χ2v) is 4.15. The Morgan fingerprint density at radius 2 is 2.50 bits per heavy atom. The van der Waals surface area contributed by atoms with Crippen LogP contribution in [0.5, 0.6) is 0 Å². The van der Waals surface area contributed by atoms with Gasteiger partial charge in [-0.3, -0.25) is 4.90 Å². The maximum absolute atomic E-state index is 10.3. The summed E-state index contributed by atoms with van der Waals surface area (Å²) < 4.78 is 0. The van der Waals surface area contributed by atoms with Gasteiger partial charge in [0, 0.05) is 24.8 Å². The minimum Gasteiger partial charge on any atom is -0.390 e. The van der Waals surface area contributed by atoms with Crippen LogP contribution in [0.4, 0.5) is 0 Å². The summed E-state index contributed by atoms with van der Waals surface area (Å²) in [6, 6.07) is 3.41. The topological polar surface area (TPSA) is 105 Å². The molecule has 2 heterocycles. The minimum absolute atomic E-state index is 0.135. The van der Waals surface area contributed by atoms with Crippen LogP contribution in [0.25, 0.3) is 0 Å². The van der Waals surface area contributed by atoms with E-state index in [1.54, 1.807) is 18.3 Å². The molecule has 10 heteroatoms. The Morgan fingerprint density at radius 1 is 1.65 bits per heavy atom. The molecule has 0 spiro atoms. The lowest BCUT2D eigenvalue weighted by atomic mass is 10.3. The van der Waals surface area contributed by atoms with Gasteiger partial charge in [0.2, 0.25) is 0 Å². The standard InChI is InChI=1S/C10H11ClN6O3/c11-9-2-1-8(5-13-9)6-20-14-7-16-4-3-12-10(16)15-17(18)19/h1-2,5,7H,3-4,6H2,(H,12,15). The van der Waals surface area contributed by atoms with Gasteiger partial charge in [0.05, 0.1) is 0 Å². The van der Waals surface area contributed by atoms with Crippen LogP contribution >= 0.6 is 11.6 Å². The van der Waals surface area contributed by atoms with Gasteiger partial charge in [0.15, 0.2) is 5.03 Å². The molecule has 0 amide bonds. The van der Waals surface area contributed by atoms with Gasteiger partial charge in [-0.05, 0) is 6.07 Å². The minimum atomic E-state index is -0.769. The lowest BCUT2D eigenvalue weighted by Gasteiger charge is -2.07. The fourth-order valence-electron chi connectivity index (χ4n) is 1.47.